The molecule has 3 rings (SSSR count). The first-order chi connectivity index (χ1) is 14.5. The van der Waals surface area contributed by atoms with Crippen LogP contribution in [-0.2, 0) is 20.9 Å². The first-order valence-corrected chi connectivity index (χ1v) is 10.1. The molecule has 8 nitrogen and oxygen atoms in total. The minimum atomic E-state index is -1.08. The Bertz CT molecular complexity index is 912. The zero-order valence-corrected chi connectivity index (χ0v) is 16.9. The smallest absolute Gasteiger partial charge is 0.322 e. The van der Waals surface area contributed by atoms with Crippen molar-refractivity contribution in [1.29, 1.82) is 0 Å². The molecular formula is C22H28N4O4. The van der Waals surface area contributed by atoms with Crippen LogP contribution >= 0.6 is 0 Å². The number of fused-ring (bicyclic) bond motifs is 1. The maximum Gasteiger partial charge on any atom is 0.322 e. The molecule has 0 radical (unpaired) electrons. The van der Waals surface area contributed by atoms with Crippen LogP contribution in [0.2, 0.25) is 0 Å². The fraction of sp³-hybridized carbons (Fsp3) is 0.409. The second-order valence-electron chi connectivity index (χ2n) is 7.57. The van der Waals surface area contributed by atoms with Crippen LogP contribution in [0, 0.1) is 0 Å². The summed E-state index contributed by atoms with van der Waals surface area (Å²) in [5, 5.41) is 13.5. The molecule has 2 aromatic rings. The summed E-state index contributed by atoms with van der Waals surface area (Å²) in [7, 11) is 0. The molecule has 4 N–H and O–H groups in total. The lowest BCUT2D eigenvalue weighted by Gasteiger charge is -2.30. The summed E-state index contributed by atoms with van der Waals surface area (Å²) in [6.07, 6.45) is 1.76. The second-order valence-corrected chi connectivity index (χ2v) is 7.57. The number of carbonyl (C=O) groups is 3. The molecule has 8 heteroatoms. The van der Waals surface area contributed by atoms with Gasteiger partial charge in [0.2, 0.25) is 11.8 Å². The quantitative estimate of drug-likeness (QED) is 0.561. The van der Waals surface area contributed by atoms with Crippen LogP contribution < -0.4 is 11.1 Å². The summed E-state index contributed by atoms with van der Waals surface area (Å²) < 4.78 is 0. The van der Waals surface area contributed by atoms with Crippen LogP contribution in [0.5, 0.6) is 0 Å². The Labute approximate surface area is 175 Å². The molecule has 160 valence electrons. The number of rotatable bonds is 9. The second kappa shape index (κ2) is 10.2. The average molecular weight is 412 g/mol. The number of amides is 2. The highest BCUT2D eigenvalue weighted by atomic mass is 16.4. The van der Waals surface area contributed by atoms with E-state index in [2.05, 4.69) is 5.32 Å². The average Bonchev–Trinajstić information content (AvgIpc) is 3.20. The lowest BCUT2D eigenvalue weighted by molar-refractivity contribution is -0.138. The maximum absolute atomic E-state index is 12.3. The molecule has 2 aromatic carbocycles. The Hall–Kier alpha value is -2.97. The van der Waals surface area contributed by atoms with Crippen molar-refractivity contribution in [3.8, 4) is 0 Å². The molecule has 1 unspecified atom stereocenters. The number of hydrogen-bond acceptors (Lipinski definition) is 5. The van der Waals surface area contributed by atoms with E-state index in [-0.39, 0.29) is 30.9 Å². The van der Waals surface area contributed by atoms with Crippen molar-refractivity contribution < 1.29 is 19.5 Å². The first-order valence-electron chi connectivity index (χ1n) is 10.1. The minimum absolute atomic E-state index is 0.0108. The predicted molar refractivity (Wildman–Crippen MR) is 114 cm³/mol. The van der Waals surface area contributed by atoms with E-state index in [4.69, 9.17) is 10.8 Å². The van der Waals surface area contributed by atoms with Crippen LogP contribution in [0.3, 0.4) is 0 Å². The first kappa shape index (κ1) is 21.7. The summed E-state index contributed by atoms with van der Waals surface area (Å²) in [6, 6.07) is 14.1. The molecule has 1 aliphatic rings. The minimum Gasteiger partial charge on any atom is -0.480 e. The van der Waals surface area contributed by atoms with Crippen molar-refractivity contribution in [3.05, 3.63) is 48.0 Å². The number of likely N-dealkylation sites (tertiary alicyclic amines) is 1. The Balaban J connectivity index is 1.79. The molecule has 0 aromatic heterocycles. The van der Waals surface area contributed by atoms with Crippen molar-refractivity contribution in [3.63, 3.8) is 0 Å². The molecule has 1 atom stereocenters. The molecule has 0 bridgehead atoms. The summed E-state index contributed by atoms with van der Waals surface area (Å²) in [5.41, 5.74) is 6.63. The number of carboxylic acid groups (broad SMARTS) is 1. The van der Waals surface area contributed by atoms with Crippen molar-refractivity contribution >= 4 is 28.6 Å². The van der Waals surface area contributed by atoms with Crippen LogP contribution in [0.1, 0.15) is 18.4 Å². The normalized spacial score (nSPS) is 16.2. The largest absolute Gasteiger partial charge is 0.480 e. The van der Waals surface area contributed by atoms with Gasteiger partial charge < -0.3 is 21.1 Å². The van der Waals surface area contributed by atoms with E-state index in [1.165, 1.54) is 0 Å². The van der Waals surface area contributed by atoms with E-state index in [0.29, 0.717) is 19.6 Å². The van der Waals surface area contributed by atoms with Crippen molar-refractivity contribution in [2.24, 2.45) is 5.73 Å². The van der Waals surface area contributed by atoms with Crippen LogP contribution in [0.4, 0.5) is 0 Å². The number of benzene rings is 2. The Morgan fingerprint density at radius 3 is 2.70 bits per heavy atom. The number of nitrogens with two attached hydrogens (primary N) is 1. The van der Waals surface area contributed by atoms with Gasteiger partial charge in [-0.25, -0.2) is 0 Å². The van der Waals surface area contributed by atoms with Gasteiger partial charge in [0.25, 0.3) is 0 Å². The predicted octanol–water partition coefficient (Wildman–Crippen LogP) is 0.792. The molecular weight excluding hydrogens is 384 g/mol. The molecule has 1 aliphatic heterocycles. The zero-order valence-electron chi connectivity index (χ0n) is 16.9. The Kier molecular flexibility index (Phi) is 7.37. The highest BCUT2D eigenvalue weighted by Crippen LogP contribution is 2.22. The molecule has 0 aliphatic carbocycles. The van der Waals surface area contributed by atoms with Gasteiger partial charge in [-0.15, -0.1) is 0 Å². The summed E-state index contributed by atoms with van der Waals surface area (Å²) in [6.45, 7) is 1.32. The highest BCUT2D eigenvalue weighted by molar-refractivity contribution is 5.86. The lowest BCUT2D eigenvalue weighted by Crippen LogP contribution is -2.47. The van der Waals surface area contributed by atoms with E-state index in [1.54, 1.807) is 4.90 Å². The van der Waals surface area contributed by atoms with Crippen molar-refractivity contribution in [1.82, 2.24) is 15.1 Å². The van der Waals surface area contributed by atoms with Crippen LogP contribution in [-0.4, -0.2) is 71.5 Å². The van der Waals surface area contributed by atoms with Gasteiger partial charge in [0.05, 0.1) is 13.1 Å². The Morgan fingerprint density at radius 2 is 1.93 bits per heavy atom. The van der Waals surface area contributed by atoms with E-state index in [0.717, 1.165) is 29.2 Å². The third-order valence-electron chi connectivity index (χ3n) is 5.42. The maximum atomic E-state index is 12.3. The molecule has 30 heavy (non-hydrogen) atoms. The van der Waals surface area contributed by atoms with Crippen molar-refractivity contribution in [2.45, 2.75) is 25.4 Å². The third-order valence-corrected chi connectivity index (χ3v) is 5.42. The van der Waals surface area contributed by atoms with Gasteiger partial charge in [-0.2, -0.15) is 0 Å². The molecule has 1 fully saturated rings. The number of nitrogens with one attached hydrogen (secondary N) is 1. The van der Waals surface area contributed by atoms with Crippen molar-refractivity contribution in [2.75, 3.05) is 32.7 Å². The Morgan fingerprint density at radius 1 is 1.17 bits per heavy atom. The summed E-state index contributed by atoms with van der Waals surface area (Å²) >= 11 is 0. The third kappa shape index (κ3) is 5.55. The lowest BCUT2D eigenvalue weighted by atomic mass is 10.0. The van der Waals surface area contributed by atoms with E-state index in [1.807, 2.05) is 47.4 Å². The number of carbonyl (C=O) groups excluding carboxylic acids is 2. The van der Waals surface area contributed by atoms with E-state index in [9.17, 15) is 14.4 Å². The van der Waals surface area contributed by atoms with E-state index < -0.39 is 12.5 Å². The standard InChI is InChI=1S/C22H28N4O4/c23-11-21(28)26-10-4-8-18(26)14-25(15-20(27)24-12-22(29)30)13-17-7-3-6-16-5-1-2-9-19(16)17/h1-3,5-7,9,18H,4,8,10-15,23H2,(H,24,27)(H,29,30). The highest BCUT2D eigenvalue weighted by Gasteiger charge is 2.30. The van der Waals surface area contributed by atoms with Gasteiger partial charge in [0, 0.05) is 25.7 Å². The van der Waals surface area contributed by atoms with Gasteiger partial charge >= 0.3 is 5.97 Å². The van der Waals surface area contributed by atoms with Gasteiger partial charge in [0.1, 0.15) is 6.54 Å². The fourth-order valence-corrected chi connectivity index (χ4v) is 4.06. The summed E-state index contributed by atoms with van der Waals surface area (Å²) in [4.78, 5) is 39.1. The zero-order chi connectivity index (χ0) is 21.5. The monoisotopic (exact) mass is 412 g/mol. The van der Waals surface area contributed by atoms with Crippen LogP contribution in [0.15, 0.2) is 42.5 Å². The number of carboxylic acids is 1. The summed E-state index contributed by atoms with van der Waals surface area (Å²) in [5.74, 6) is -1.52. The number of aliphatic carboxylic acids is 1. The van der Waals surface area contributed by atoms with Gasteiger partial charge in [-0.3, -0.25) is 19.3 Å². The fourth-order valence-electron chi connectivity index (χ4n) is 4.06. The van der Waals surface area contributed by atoms with Gasteiger partial charge in [-0.1, -0.05) is 42.5 Å². The topological polar surface area (TPSA) is 116 Å². The SMILES string of the molecule is NCC(=O)N1CCCC1CN(CC(=O)NCC(=O)O)Cc1cccc2ccccc12. The number of nitrogens with zero attached hydrogens (tertiary/aromatic N) is 2. The van der Waals surface area contributed by atoms with Gasteiger partial charge in [-0.05, 0) is 29.2 Å². The van der Waals surface area contributed by atoms with Crippen LogP contribution in [0.25, 0.3) is 10.8 Å². The van der Waals surface area contributed by atoms with Gasteiger partial charge in [0.15, 0.2) is 0 Å². The molecule has 1 saturated heterocycles. The molecule has 1 heterocycles. The van der Waals surface area contributed by atoms with E-state index >= 15 is 0 Å². The molecule has 0 spiro atoms. The molecule has 2 amide bonds. The molecule has 0 saturated carbocycles. The number of hydrogen-bond donors (Lipinski definition) is 3.